The molecule has 0 atom stereocenters. The van der Waals surface area contributed by atoms with Crippen molar-refractivity contribution in [3.05, 3.63) is 48.3 Å². The van der Waals surface area contributed by atoms with E-state index in [0.29, 0.717) is 13.1 Å². The maximum atomic E-state index is 11.6. The van der Waals surface area contributed by atoms with Crippen LogP contribution in [0.4, 0.5) is 4.79 Å². The third kappa shape index (κ3) is 6.73. The van der Waals surface area contributed by atoms with Gasteiger partial charge in [-0.1, -0.05) is 12.1 Å². The first-order valence-corrected chi connectivity index (χ1v) is 10.7. The molecule has 2 aromatic heterocycles. The maximum absolute atomic E-state index is 11.6. The van der Waals surface area contributed by atoms with E-state index < -0.39 is 11.7 Å². The topological polar surface area (TPSA) is 122 Å². The number of nitrogens with zero attached hydrogens (tertiary/aromatic N) is 1. The van der Waals surface area contributed by atoms with Crippen LogP contribution in [0.3, 0.4) is 0 Å². The van der Waals surface area contributed by atoms with Crippen LogP contribution in [0.25, 0.3) is 22.2 Å². The molecule has 0 saturated carbocycles. The largest absolute Gasteiger partial charge is 0.444 e. The van der Waals surface area contributed by atoms with Gasteiger partial charge in [-0.05, 0) is 68.1 Å². The highest BCUT2D eigenvalue weighted by Gasteiger charge is 2.15. The Morgan fingerprint density at radius 1 is 1.16 bits per heavy atom. The molecule has 1 aromatic carbocycles. The minimum Gasteiger partial charge on any atom is -0.444 e. The molecule has 0 bridgehead atoms. The molecule has 3 rings (SSSR count). The highest BCUT2D eigenvalue weighted by molar-refractivity contribution is 7.97. The third-order valence-electron chi connectivity index (χ3n) is 4.20. The number of ether oxygens (including phenoxy) is 1. The molecule has 0 radical (unpaired) electrons. The van der Waals surface area contributed by atoms with Gasteiger partial charge in [0.15, 0.2) is 0 Å². The average molecular weight is 442 g/mol. The van der Waals surface area contributed by atoms with Gasteiger partial charge in [0.2, 0.25) is 5.91 Å². The summed E-state index contributed by atoms with van der Waals surface area (Å²) in [5.41, 5.74) is 8.35. The third-order valence-corrected chi connectivity index (χ3v) is 5.06. The van der Waals surface area contributed by atoms with Gasteiger partial charge in [-0.25, -0.2) is 9.78 Å². The van der Waals surface area contributed by atoms with E-state index in [2.05, 4.69) is 20.0 Å². The molecular formula is C22H27N5O3S. The van der Waals surface area contributed by atoms with Crippen LogP contribution in [0.15, 0.2) is 47.5 Å². The van der Waals surface area contributed by atoms with Gasteiger partial charge in [0, 0.05) is 35.3 Å². The van der Waals surface area contributed by atoms with E-state index in [1.54, 1.807) is 6.20 Å². The molecular weight excluding hydrogens is 414 g/mol. The van der Waals surface area contributed by atoms with Crippen LogP contribution in [0.2, 0.25) is 0 Å². The van der Waals surface area contributed by atoms with Crippen molar-refractivity contribution in [1.29, 1.82) is 0 Å². The highest BCUT2D eigenvalue weighted by atomic mass is 32.2. The number of carbonyl (C=O) groups is 2. The first-order valence-electron chi connectivity index (χ1n) is 9.93. The summed E-state index contributed by atoms with van der Waals surface area (Å²) in [7, 11) is 0. The Kier molecular flexibility index (Phi) is 7.19. The molecule has 8 nitrogen and oxygen atoms in total. The Morgan fingerprint density at radius 3 is 2.58 bits per heavy atom. The molecule has 2 heterocycles. The Balaban J connectivity index is 1.55. The van der Waals surface area contributed by atoms with Gasteiger partial charge in [0.25, 0.3) is 0 Å². The number of hydrogen-bond donors (Lipinski definition) is 4. The Hall–Kier alpha value is -3.04. The van der Waals surface area contributed by atoms with E-state index in [-0.39, 0.29) is 12.3 Å². The van der Waals surface area contributed by atoms with Gasteiger partial charge in [-0.2, -0.15) is 0 Å². The number of nitrogens with two attached hydrogens (primary N) is 1. The lowest BCUT2D eigenvalue weighted by Crippen LogP contribution is -2.35. The molecule has 0 aliphatic rings. The van der Waals surface area contributed by atoms with Gasteiger partial charge in [0.1, 0.15) is 11.2 Å². The number of benzene rings is 1. The molecule has 0 aliphatic heterocycles. The van der Waals surface area contributed by atoms with Crippen molar-refractivity contribution >= 4 is 35.0 Å². The molecule has 0 aliphatic carbocycles. The van der Waals surface area contributed by atoms with E-state index >= 15 is 0 Å². The molecule has 0 spiro atoms. The van der Waals surface area contributed by atoms with Gasteiger partial charge in [-0.3, -0.25) is 9.52 Å². The molecule has 3 aromatic rings. The van der Waals surface area contributed by atoms with Crippen molar-refractivity contribution in [2.45, 2.75) is 37.7 Å². The summed E-state index contributed by atoms with van der Waals surface area (Å²) < 4.78 is 8.41. The summed E-state index contributed by atoms with van der Waals surface area (Å²) in [4.78, 5) is 31.4. The SMILES string of the molecule is CC(C)(C)OC(=O)NCCNSc1ccc(-c2ccnc3[nH]c(CC(N)=O)cc23)cc1. The normalized spacial score (nSPS) is 11.5. The standard InChI is InChI=1S/C22H27N5O3S/c1-22(2,3)30-21(29)25-10-11-26-31-16-6-4-14(5-7-16)17-8-9-24-20-18(17)12-15(27-20)13-19(23)28/h4-9,12,26H,10-11,13H2,1-3H3,(H2,23,28)(H,24,27)(H,25,29). The molecule has 0 unspecified atom stereocenters. The molecule has 31 heavy (non-hydrogen) atoms. The predicted octanol–water partition coefficient (Wildman–Crippen LogP) is 3.38. The number of primary amides is 1. The van der Waals surface area contributed by atoms with E-state index in [1.165, 1.54) is 11.9 Å². The number of hydrogen-bond acceptors (Lipinski definition) is 6. The van der Waals surface area contributed by atoms with Crippen LogP contribution in [0.5, 0.6) is 0 Å². The number of aromatic nitrogens is 2. The van der Waals surface area contributed by atoms with Crippen molar-refractivity contribution in [2.75, 3.05) is 13.1 Å². The number of alkyl carbamates (subject to hydrolysis) is 1. The van der Waals surface area contributed by atoms with Crippen LogP contribution >= 0.6 is 11.9 Å². The van der Waals surface area contributed by atoms with Crippen LogP contribution in [0, 0.1) is 0 Å². The quantitative estimate of drug-likeness (QED) is 0.314. The van der Waals surface area contributed by atoms with E-state index in [4.69, 9.17) is 10.5 Å². The summed E-state index contributed by atoms with van der Waals surface area (Å²) in [6.45, 7) is 6.56. The van der Waals surface area contributed by atoms with Gasteiger partial charge in [0.05, 0.1) is 6.42 Å². The lowest BCUT2D eigenvalue weighted by molar-refractivity contribution is -0.117. The Bertz CT molecular complexity index is 1060. The second kappa shape index (κ2) is 9.84. The minimum atomic E-state index is -0.502. The summed E-state index contributed by atoms with van der Waals surface area (Å²) in [5.74, 6) is -0.386. The monoisotopic (exact) mass is 441 g/mol. The summed E-state index contributed by atoms with van der Waals surface area (Å²) in [5, 5.41) is 3.66. The predicted molar refractivity (Wildman–Crippen MR) is 123 cm³/mol. The second-order valence-electron chi connectivity index (χ2n) is 8.01. The minimum absolute atomic E-state index is 0.153. The van der Waals surface area contributed by atoms with Crippen LogP contribution in [-0.2, 0) is 16.0 Å². The zero-order valence-electron chi connectivity index (χ0n) is 17.8. The van der Waals surface area contributed by atoms with E-state index in [1.807, 2.05) is 57.2 Å². The summed E-state index contributed by atoms with van der Waals surface area (Å²) in [6.07, 6.45) is 1.47. The number of rotatable bonds is 8. The van der Waals surface area contributed by atoms with Crippen molar-refractivity contribution in [2.24, 2.45) is 5.73 Å². The molecule has 0 saturated heterocycles. The number of fused-ring (bicyclic) bond motifs is 1. The van der Waals surface area contributed by atoms with Crippen molar-refractivity contribution < 1.29 is 14.3 Å². The molecule has 9 heteroatoms. The number of nitrogens with one attached hydrogen (secondary N) is 3. The highest BCUT2D eigenvalue weighted by Crippen LogP contribution is 2.29. The first kappa shape index (κ1) is 22.6. The first-order chi connectivity index (χ1) is 14.7. The number of aromatic amines is 1. The lowest BCUT2D eigenvalue weighted by Gasteiger charge is -2.19. The maximum Gasteiger partial charge on any atom is 0.407 e. The number of pyridine rings is 1. The molecule has 5 N–H and O–H groups in total. The van der Waals surface area contributed by atoms with E-state index in [9.17, 15) is 9.59 Å². The van der Waals surface area contributed by atoms with Crippen LogP contribution in [-0.4, -0.2) is 40.7 Å². The fourth-order valence-corrected chi connectivity index (χ4v) is 3.63. The molecule has 2 amide bonds. The number of amides is 2. The zero-order valence-corrected chi connectivity index (χ0v) is 18.6. The fourth-order valence-electron chi connectivity index (χ4n) is 2.98. The van der Waals surface area contributed by atoms with Gasteiger partial charge < -0.3 is 20.8 Å². The summed E-state index contributed by atoms with van der Waals surface area (Å²) >= 11 is 1.49. The number of H-pyrrole nitrogens is 1. The number of carbonyl (C=O) groups excluding carboxylic acids is 2. The zero-order chi connectivity index (χ0) is 22.4. The van der Waals surface area contributed by atoms with Gasteiger partial charge >= 0.3 is 6.09 Å². The smallest absolute Gasteiger partial charge is 0.407 e. The molecule has 164 valence electrons. The van der Waals surface area contributed by atoms with Gasteiger partial charge in [-0.15, -0.1) is 0 Å². The van der Waals surface area contributed by atoms with Crippen LogP contribution < -0.4 is 15.8 Å². The second-order valence-corrected chi connectivity index (χ2v) is 8.97. The summed E-state index contributed by atoms with van der Waals surface area (Å²) in [6, 6.07) is 12.0. The van der Waals surface area contributed by atoms with Crippen molar-refractivity contribution in [1.82, 2.24) is 20.0 Å². The Morgan fingerprint density at radius 2 is 1.90 bits per heavy atom. The van der Waals surface area contributed by atoms with Crippen LogP contribution in [0.1, 0.15) is 26.5 Å². The average Bonchev–Trinajstić information content (AvgIpc) is 3.08. The lowest BCUT2D eigenvalue weighted by atomic mass is 10.0. The van der Waals surface area contributed by atoms with Crippen molar-refractivity contribution in [3.8, 4) is 11.1 Å². The molecule has 0 fully saturated rings. The van der Waals surface area contributed by atoms with E-state index in [0.717, 1.165) is 32.7 Å². The van der Waals surface area contributed by atoms with Crippen molar-refractivity contribution in [3.63, 3.8) is 0 Å². The Labute approximate surface area is 185 Å². The fraction of sp³-hybridized carbons (Fsp3) is 0.318.